The van der Waals surface area contributed by atoms with Crippen molar-refractivity contribution in [1.29, 1.82) is 0 Å². The second-order valence-electron chi connectivity index (χ2n) is 13.0. The highest BCUT2D eigenvalue weighted by Gasteiger charge is 2.48. The van der Waals surface area contributed by atoms with E-state index < -0.39 is 17.4 Å². The molecule has 0 heterocycles. The number of carboxylic acid groups (broad SMARTS) is 2. The highest BCUT2D eigenvalue weighted by Crippen LogP contribution is 2.49. The quantitative estimate of drug-likeness (QED) is 0.0946. The van der Waals surface area contributed by atoms with Gasteiger partial charge < -0.3 is 10.2 Å². The fourth-order valence-electron chi connectivity index (χ4n) is 6.94. The van der Waals surface area contributed by atoms with Crippen molar-refractivity contribution in [3.63, 3.8) is 0 Å². The van der Waals surface area contributed by atoms with E-state index in [-0.39, 0.29) is 5.92 Å². The average molecular weight is 553 g/mol. The van der Waals surface area contributed by atoms with Gasteiger partial charge in [-0.2, -0.15) is 0 Å². The fourth-order valence-corrected chi connectivity index (χ4v) is 6.94. The van der Waals surface area contributed by atoms with Gasteiger partial charge in [0.15, 0.2) is 0 Å². The molecule has 0 aliphatic carbocycles. The minimum atomic E-state index is -0.682. The minimum absolute atomic E-state index is 0.243. The van der Waals surface area contributed by atoms with Crippen molar-refractivity contribution in [2.24, 2.45) is 29.1 Å². The number of carboxylic acids is 2. The summed E-state index contributed by atoms with van der Waals surface area (Å²) in [5, 5.41) is 19.7. The fraction of sp³-hybridized carbons (Fsp3) is 0.943. The summed E-state index contributed by atoms with van der Waals surface area (Å²) < 4.78 is 0. The lowest BCUT2D eigenvalue weighted by molar-refractivity contribution is -0.158. The van der Waals surface area contributed by atoms with Gasteiger partial charge in [0.1, 0.15) is 0 Å². The SMILES string of the molecule is CCCCC(CC)CC(CC(CC)CCCC)(C(=O)O)C(CCCCCCCCCCCCC(=O)O)C(C)C. The molecular formula is C35H68O4. The van der Waals surface area contributed by atoms with Crippen LogP contribution in [0.5, 0.6) is 0 Å². The van der Waals surface area contributed by atoms with Crippen LogP contribution in [-0.4, -0.2) is 22.2 Å². The molecule has 0 spiro atoms. The molecule has 0 aliphatic heterocycles. The van der Waals surface area contributed by atoms with E-state index >= 15 is 0 Å². The maximum atomic E-state index is 13.3. The Hall–Kier alpha value is -1.06. The molecule has 0 aliphatic rings. The third-order valence-electron chi connectivity index (χ3n) is 9.49. The molecule has 3 unspecified atom stereocenters. The van der Waals surface area contributed by atoms with E-state index in [9.17, 15) is 14.7 Å². The van der Waals surface area contributed by atoms with Crippen LogP contribution in [0.2, 0.25) is 0 Å². The summed E-state index contributed by atoms with van der Waals surface area (Å²) in [4.78, 5) is 23.9. The molecule has 0 radical (unpaired) electrons. The Kier molecular flexibility index (Phi) is 23.0. The van der Waals surface area contributed by atoms with Crippen molar-refractivity contribution in [2.45, 2.75) is 183 Å². The first kappa shape index (κ1) is 37.9. The highest BCUT2D eigenvalue weighted by molar-refractivity contribution is 5.75. The molecule has 0 fully saturated rings. The van der Waals surface area contributed by atoms with Crippen LogP contribution in [0.1, 0.15) is 183 Å². The van der Waals surface area contributed by atoms with Crippen LogP contribution < -0.4 is 0 Å². The molecule has 2 N–H and O–H groups in total. The van der Waals surface area contributed by atoms with Gasteiger partial charge in [-0.1, -0.05) is 151 Å². The summed E-state index contributed by atoms with van der Waals surface area (Å²) in [5.41, 5.74) is -0.600. The van der Waals surface area contributed by atoms with E-state index in [0.717, 1.165) is 70.6 Å². The summed E-state index contributed by atoms with van der Waals surface area (Å²) in [7, 11) is 0. The molecule has 4 heteroatoms. The van der Waals surface area contributed by atoms with Gasteiger partial charge in [-0.05, 0) is 49.4 Å². The topological polar surface area (TPSA) is 74.6 Å². The summed E-state index contributed by atoms with van der Waals surface area (Å²) >= 11 is 0. The van der Waals surface area contributed by atoms with Crippen molar-refractivity contribution in [3.8, 4) is 0 Å². The summed E-state index contributed by atoms with van der Waals surface area (Å²) in [6.07, 6.45) is 23.9. The lowest BCUT2D eigenvalue weighted by atomic mass is 9.59. The third kappa shape index (κ3) is 16.7. The molecule has 3 atom stereocenters. The predicted molar refractivity (Wildman–Crippen MR) is 167 cm³/mol. The zero-order valence-electron chi connectivity index (χ0n) is 27.1. The van der Waals surface area contributed by atoms with Gasteiger partial charge in [0, 0.05) is 6.42 Å². The van der Waals surface area contributed by atoms with Gasteiger partial charge in [0.2, 0.25) is 0 Å². The first-order valence-corrected chi connectivity index (χ1v) is 17.1. The van der Waals surface area contributed by atoms with Gasteiger partial charge in [0.05, 0.1) is 5.41 Å². The molecule has 0 amide bonds. The Bertz CT molecular complexity index is 581. The van der Waals surface area contributed by atoms with Gasteiger partial charge in [-0.25, -0.2) is 0 Å². The van der Waals surface area contributed by atoms with E-state index in [0.29, 0.717) is 24.2 Å². The molecule has 0 aromatic heterocycles. The lowest BCUT2D eigenvalue weighted by Gasteiger charge is -2.44. The Balaban J connectivity index is 5.16. The Morgan fingerprint density at radius 2 is 1.00 bits per heavy atom. The number of unbranched alkanes of at least 4 members (excludes halogenated alkanes) is 11. The van der Waals surface area contributed by atoms with E-state index in [2.05, 4.69) is 41.5 Å². The zero-order valence-corrected chi connectivity index (χ0v) is 27.1. The van der Waals surface area contributed by atoms with Crippen LogP contribution in [-0.2, 0) is 9.59 Å². The van der Waals surface area contributed by atoms with Gasteiger partial charge in [-0.15, -0.1) is 0 Å². The van der Waals surface area contributed by atoms with Crippen LogP contribution >= 0.6 is 0 Å². The third-order valence-corrected chi connectivity index (χ3v) is 9.49. The van der Waals surface area contributed by atoms with Crippen molar-refractivity contribution >= 4 is 11.9 Å². The predicted octanol–water partition coefficient (Wildman–Crippen LogP) is 11.3. The second kappa shape index (κ2) is 23.6. The molecule has 0 aromatic rings. The van der Waals surface area contributed by atoms with Crippen LogP contribution in [0.4, 0.5) is 0 Å². The molecular weight excluding hydrogens is 484 g/mol. The Morgan fingerprint density at radius 1 is 0.590 bits per heavy atom. The number of carbonyl (C=O) groups is 2. The Labute approximate surface area is 243 Å². The maximum absolute atomic E-state index is 13.3. The molecule has 0 rings (SSSR count). The molecule has 0 saturated heterocycles. The van der Waals surface area contributed by atoms with Crippen molar-refractivity contribution in [3.05, 3.63) is 0 Å². The second-order valence-corrected chi connectivity index (χ2v) is 13.0. The summed E-state index contributed by atoms with van der Waals surface area (Å²) in [5.74, 6) is 0.445. The molecule has 232 valence electrons. The number of hydrogen-bond donors (Lipinski definition) is 2. The first-order chi connectivity index (χ1) is 18.7. The summed E-state index contributed by atoms with van der Waals surface area (Å²) in [6, 6.07) is 0. The maximum Gasteiger partial charge on any atom is 0.309 e. The number of hydrogen-bond acceptors (Lipinski definition) is 2. The van der Waals surface area contributed by atoms with Crippen molar-refractivity contribution in [2.75, 3.05) is 0 Å². The van der Waals surface area contributed by atoms with Crippen LogP contribution in [0.25, 0.3) is 0 Å². The van der Waals surface area contributed by atoms with Crippen molar-refractivity contribution < 1.29 is 19.8 Å². The van der Waals surface area contributed by atoms with Crippen LogP contribution in [0.3, 0.4) is 0 Å². The van der Waals surface area contributed by atoms with Crippen LogP contribution in [0.15, 0.2) is 0 Å². The first-order valence-electron chi connectivity index (χ1n) is 17.1. The summed E-state index contributed by atoms with van der Waals surface area (Å²) in [6.45, 7) is 13.6. The van der Waals surface area contributed by atoms with Gasteiger partial charge in [-0.3, -0.25) is 9.59 Å². The van der Waals surface area contributed by atoms with E-state index in [1.807, 2.05) is 0 Å². The largest absolute Gasteiger partial charge is 0.481 e. The average Bonchev–Trinajstić information content (AvgIpc) is 2.90. The molecule has 0 saturated carbocycles. The van der Waals surface area contributed by atoms with Gasteiger partial charge in [0.25, 0.3) is 0 Å². The highest BCUT2D eigenvalue weighted by atomic mass is 16.4. The molecule has 39 heavy (non-hydrogen) atoms. The minimum Gasteiger partial charge on any atom is -0.481 e. The van der Waals surface area contributed by atoms with E-state index in [4.69, 9.17) is 5.11 Å². The molecule has 4 nitrogen and oxygen atoms in total. The lowest BCUT2D eigenvalue weighted by Crippen LogP contribution is -2.44. The Morgan fingerprint density at radius 3 is 1.33 bits per heavy atom. The van der Waals surface area contributed by atoms with E-state index in [1.54, 1.807) is 0 Å². The van der Waals surface area contributed by atoms with E-state index in [1.165, 1.54) is 64.2 Å². The standard InChI is InChI=1S/C35H68O4/c1-7-11-23-30(9-3)27-35(34(38)39,28-31(10-4)24-12-8-2)32(29(5)6)25-21-19-17-15-13-14-16-18-20-22-26-33(36)37/h29-32H,7-28H2,1-6H3,(H,36,37)(H,38,39). The zero-order chi connectivity index (χ0) is 29.5. The van der Waals surface area contributed by atoms with Gasteiger partial charge >= 0.3 is 11.9 Å². The number of rotatable bonds is 28. The van der Waals surface area contributed by atoms with Crippen molar-refractivity contribution in [1.82, 2.24) is 0 Å². The van der Waals surface area contributed by atoms with Crippen LogP contribution in [0, 0.1) is 29.1 Å². The smallest absolute Gasteiger partial charge is 0.309 e. The number of aliphatic carboxylic acids is 2. The molecule has 0 bridgehead atoms. The normalized spacial score (nSPS) is 15.7. The molecule has 0 aromatic carbocycles. The monoisotopic (exact) mass is 553 g/mol.